The molecule has 3 rings (SSSR count). The predicted octanol–water partition coefficient (Wildman–Crippen LogP) is 4.44. The van der Waals surface area contributed by atoms with Crippen molar-refractivity contribution < 1.29 is 31.9 Å². The Kier molecular flexibility index (Phi) is 7.12. The molecule has 1 aliphatic heterocycles. The number of carboxylic acid groups (broad SMARTS) is 1. The van der Waals surface area contributed by atoms with Gasteiger partial charge in [-0.15, -0.1) is 0 Å². The molecule has 0 saturated heterocycles. The maximum absolute atomic E-state index is 13.8. The van der Waals surface area contributed by atoms with Crippen LogP contribution in [-0.2, 0) is 17.6 Å². The summed E-state index contributed by atoms with van der Waals surface area (Å²) in [5.74, 6) is -3.30. The number of hydrogen-bond acceptors (Lipinski definition) is 2. The first kappa shape index (κ1) is 21.8. The van der Waals surface area contributed by atoms with Crippen LogP contribution in [0, 0.1) is 11.6 Å². The van der Waals surface area contributed by atoms with Gasteiger partial charge in [-0.2, -0.15) is 13.2 Å². The summed E-state index contributed by atoms with van der Waals surface area (Å²) in [5.41, 5.74) is 4.33. The minimum atomic E-state index is -5.08. The molecule has 1 heterocycles. The standard InChI is InChI=1S/C18H19F2N.C2HF3O2/c1-12-11-21-7-6-14-3-2-13(9-17(12)14)8-15-4-5-16(19)10-18(15)20;3-2(4,5)1(6)7/h2-5,9-10,12,21H,6-8,11H2,1H3;(H,6,7)/t12-;/m1./s1. The summed E-state index contributed by atoms with van der Waals surface area (Å²) in [4.78, 5) is 8.90. The molecule has 0 radical (unpaired) electrons. The smallest absolute Gasteiger partial charge is 0.475 e. The normalized spacial score (nSPS) is 16.4. The first-order valence-electron chi connectivity index (χ1n) is 8.64. The Labute approximate surface area is 159 Å². The number of carboxylic acids is 1. The lowest BCUT2D eigenvalue weighted by molar-refractivity contribution is -0.192. The van der Waals surface area contributed by atoms with Gasteiger partial charge in [0.05, 0.1) is 0 Å². The Hall–Kier alpha value is -2.48. The van der Waals surface area contributed by atoms with Crippen molar-refractivity contribution in [3.8, 4) is 0 Å². The average molecular weight is 401 g/mol. The maximum Gasteiger partial charge on any atom is 0.490 e. The molecule has 2 aromatic carbocycles. The van der Waals surface area contributed by atoms with Gasteiger partial charge < -0.3 is 10.4 Å². The Morgan fingerprint density at radius 2 is 1.86 bits per heavy atom. The molecular formula is C20H20F5NO2. The molecule has 0 aromatic heterocycles. The van der Waals surface area contributed by atoms with E-state index < -0.39 is 23.8 Å². The van der Waals surface area contributed by atoms with Crippen LogP contribution in [0.2, 0.25) is 0 Å². The zero-order valence-corrected chi connectivity index (χ0v) is 15.1. The lowest BCUT2D eigenvalue weighted by Crippen LogP contribution is -2.21. The van der Waals surface area contributed by atoms with E-state index in [1.165, 1.54) is 23.3 Å². The molecular weight excluding hydrogens is 381 g/mol. The van der Waals surface area contributed by atoms with Crippen LogP contribution in [-0.4, -0.2) is 30.3 Å². The zero-order chi connectivity index (χ0) is 20.9. The van der Waals surface area contributed by atoms with Gasteiger partial charge in [-0.25, -0.2) is 13.6 Å². The van der Waals surface area contributed by atoms with Crippen LogP contribution in [0.1, 0.15) is 35.1 Å². The van der Waals surface area contributed by atoms with Crippen LogP contribution in [0.4, 0.5) is 22.0 Å². The minimum absolute atomic E-state index is 0.459. The van der Waals surface area contributed by atoms with Gasteiger partial charge in [-0.3, -0.25) is 0 Å². The third-order valence-electron chi connectivity index (χ3n) is 4.42. The number of benzene rings is 2. The summed E-state index contributed by atoms with van der Waals surface area (Å²) in [6, 6.07) is 10.2. The van der Waals surface area contributed by atoms with Crippen molar-refractivity contribution in [1.29, 1.82) is 0 Å². The highest BCUT2D eigenvalue weighted by atomic mass is 19.4. The van der Waals surface area contributed by atoms with Crippen molar-refractivity contribution in [3.63, 3.8) is 0 Å². The SMILES string of the molecule is C[C@@H]1CNCCc2ccc(Cc3ccc(F)cc3F)cc21.O=C(O)C(F)(F)F. The first-order chi connectivity index (χ1) is 13.1. The molecule has 3 nitrogen and oxygen atoms in total. The summed E-state index contributed by atoms with van der Waals surface area (Å²) in [6.07, 6.45) is -3.55. The molecule has 8 heteroatoms. The highest BCUT2D eigenvalue weighted by molar-refractivity contribution is 5.73. The topological polar surface area (TPSA) is 49.3 Å². The summed E-state index contributed by atoms with van der Waals surface area (Å²) in [6.45, 7) is 4.18. The van der Waals surface area contributed by atoms with Gasteiger partial charge in [-0.1, -0.05) is 31.2 Å². The number of aliphatic carboxylic acids is 1. The Bertz CT molecular complexity index is 836. The zero-order valence-electron chi connectivity index (χ0n) is 15.1. The van der Waals surface area contributed by atoms with Crippen molar-refractivity contribution in [2.24, 2.45) is 0 Å². The van der Waals surface area contributed by atoms with Crippen molar-refractivity contribution in [2.75, 3.05) is 13.1 Å². The molecule has 152 valence electrons. The molecule has 2 aromatic rings. The van der Waals surface area contributed by atoms with E-state index in [1.54, 1.807) is 0 Å². The van der Waals surface area contributed by atoms with Crippen LogP contribution in [0.3, 0.4) is 0 Å². The third kappa shape index (κ3) is 6.02. The van der Waals surface area contributed by atoms with Crippen molar-refractivity contribution in [3.05, 3.63) is 70.3 Å². The molecule has 0 unspecified atom stereocenters. The molecule has 0 bridgehead atoms. The van der Waals surface area contributed by atoms with Gasteiger partial charge in [0, 0.05) is 19.0 Å². The predicted molar refractivity (Wildman–Crippen MR) is 94.3 cm³/mol. The number of fused-ring (bicyclic) bond motifs is 1. The lowest BCUT2D eigenvalue weighted by atomic mass is 9.91. The Balaban J connectivity index is 0.000000345. The molecule has 0 saturated carbocycles. The second-order valence-corrected chi connectivity index (χ2v) is 6.60. The fraction of sp³-hybridized carbons (Fsp3) is 0.350. The van der Waals surface area contributed by atoms with E-state index in [9.17, 15) is 22.0 Å². The number of carbonyl (C=O) groups is 1. The van der Waals surface area contributed by atoms with Crippen LogP contribution < -0.4 is 5.32 Å². The monoisotopic (exact) mass is 401 g/mol. The van der Waals surface area contributed by atoms with E-state index in [4.69, 9.17) is 9.90 Å². The molecule has 1 aliphatic rings. The van der Waals surface area contributed by atoms with E-state index in [0.29, 0.717) is 17.9 Å². The van der Waals surface area contributed by atoms with Crippen LogP contribution in [0.25, 0.3) is 0 Å². The van der Waals surface area contributed by atoms with E-state index in [2.05, 4.69) is 30.4 Å². The van der Waals surface area contributed by atoms with E-state index in [1.807, 2.05) is 0 Å². The second-order valence-electron chi connectivity index (χ2n) is 6.60. The second kappa shape index (κ2) is 9.14. The summed E-state index contributed by atoms with van der Waals surface area (Å²) >= 11 is 0. The number of hydrogen-bond donors (Lipinski definition) is 2. The third-order valence-corrected chi connectivity index (χ3v) is 4.42. The molecule has 0 fully saturated rings. The lowest BCUT2D eigenvalue weighted by Gasteiger charge is -2.14. The van der Waals surface area contributed by atoms with E-state index in [0.717, 1.165) is 31.1 Å². The van der Waals surface area contributed by atoms with Gasteiger partial charge in [-0.05, 0) is 47.2 Å². The Morgan fingerprint density at radius 1 is 1.18 bits per heavy atom. The minimum Gasteiger partial charge on any atom is -0.475 e. The van der Waals surface area contributed by atoms with Crippen molar-refractivity contribution in [1.82, 2.24) is 5.32 Å². The number of halogens is 5. The fourth-order valence-electron chi connectivity index (χ4n) is 2.98. The van der Waals surface area contributed by atoms with Gasteiger partial charge in [0.15, 0.2) is 0 Å². The highest BCUT2D eigenvalue weighted by Crippen LogP contribution is 2.25. The molecule has 0 aliphatic carbocycles. The van der Waals surface area contributed by atoms with Gasteiger partial charge in [0.2, 0.25) is 0 Å². The summed E-state index contributed by atoms with van der Waals surface area (Å²) in [7, 11) is 0. The van der Waals surface area contributed by atoms with E-state index >= 15 is 0 Å². The molecule has 28 heavy (non-hydrogen) atoms. The van der Waals surface area contributed by atoms with Gasteiger partial charge in [0.25, 0.3) is 0 Å². The molecule has 0 spiro atoms. The average Bonchev–Trinajstić information content (AvgIpc) is 2.79. The van der Waals surface area contributed by atoms with Crippen molar-refractivity contribution in [2.45, 2.75) is 31.9 Å². The number of rotatable bonds is 2. The van der Waals surface area contributed by atoms with Crippen molar-refractivity contribution >= 4 is 5.97 Å². The summed E-state index contributed by atoms with van der Waals surface area (Å²) < 4.78 is 58.5. The molecule has 0 amide bonds. The number of alkyl halides is 3. The van der Waals surface area contributed by atoms with Crippen LogP contribution >= 0.6 is 0 Å². The largest absolute Gasteiger partial charge is 0.490 e. The van der Waals surface area contributed by atoms with Gasteiger partial charge in [0.1, 0.15) is 11.6 Å². The Morgan fingerprint density at radius 3 is 2.46 bits per heavy atom. The quantitative estimate of drug-likeness (QED) is 0.732. The first-order valence-corrected chi connectivity index (χ1v) is 8.64. The molecule has 1 atom stereocenters. The molecule has 2 N–H and O–H groups in total. The van der Waals surface area contributed by atoms with Gasteiger partial charge >= 0.3 is 12.1 Å². The maximum atomic E-state index is 13.8. The van der Waals surface area contributed by atoms with Crippen LogP contribution in [0.15, 0.2) is 36.4 Å². The number of nitrogens with one attached hydrogen (secondary N) is 1. The highest BCUT2D eigenvalue weighted by Gasteiger charge is 2.38. The van der Waals surface area contributed by atoms with E-state index in [-0.39, 0.29) is 0 Å². The fourth-order valence-corrected chi connectivity index (χ4v) is 2.98. The van der Waals surface area contributed by atoms with Crippen LogP contribution in [0.5, 0.6) is 0 Å². The summed E-state index contributed by atoms with van der Waals surface area (Å²) in [5, 5.41) is 10.6.